The fraction of sp³-hybridized carbons (Fsp3) is 0.688. The molecular weight excluding hydrogens is 308 g/mol. The number of piperazine rings is 1. The van der Waals surface area contributed by atoms with Gasteiger partial charge in [-0.3, -0.25) is 0 Å². The highest BCUT2D eigenvalue weighted by atomic mass is 16.5. The van der Waals surface area contributed by atoms with Gasteiger partial charge in [0.05, 0.1) is 6.54 Å². The molecule has 1 aromatic rings. The Bertz CT molecular complexity index is 556. The fourth-order valence-corrected chi connectivity index (χ4v) is 2.98. The van der Waals surface area contributed by atoms with E-state index in [1.54, 1.807) is 0 Å². The topological polar surface area (TPSA) is 65.0 Å². The number of amides is 2. The zero-order valence-corrected chi connectivity index (χ0v) is 14.7. The Kier molecular flexibility index (Phi) is 5.03. The Morgan fingerprint density at radius 2 is 1.88 bits per heavy atom. The molecule has 0 aliphatic carbocycles. The summed E-state index contributed by atoms with van der Waals surface area (Å²) in [6, 6.07) is 3.83. The quantitative estimate of drug-likeness (QED) is 0.795. The molecule has 0 spiro atoms. The Morgan fingerprint density at radius 3 is 2.50 bits per heavy atom. The molecular formula is C16H26N6O2. The van der Waals surface area contributed by atoms with Crippen LogP contribution in [0.25, 0.3) is 0 Å². The minimum absolute atomic E-state index is 0.0130. The van der Waals surface area contributed by atoms with Crippen LogP contribution in [-0.2, 0) is 0 Å². The number of anilines is 1. The van der Waals surface area contributed by atoms with Crippen molar-refractivity contribution in [3.63, 3.8) is 0 Å². The second-order valence-corrected chi connectivity index (χ2v) is 6.67. The maximum absolute atomic E-state index is 12.6. The number of carbonyl (C=O) groups is 1. The lowest BCUT2D eigenvalue weighted by atomic mass is 10.3. The normalized spacial score (nSPS) is 21.9. The Morgan fingerprint density at radius 1 is 1.12 bits per heavy atom. The number of rotatable bonds is 3. The molecule has 2 amide bonds. The molecule has 0 unspecified atom stereocenters. The van der Waals surface area contributed by atoms with Gasteiger partial charge in [0.1, 0.15) is 6.10 Å². The summed E-state index contributed by atoms with van der Waals surface area (Å²) >= 11 is 0. The van der Waals surface area contributed by atoms with Gasteiger partial charge < -0.3 is 24.3 Å². The van der Waals surface area contributed by atoms with E-state index < -0.39 is 0 Å². The van der Waals surface area contributed by atoms with Crippen LogP contribution in [-0.4, -0.2) is 97.4 Å². The van der Waals surface area contributed by atoms with Crippen molar-refractivity contribution in [2.75, 3.05) is 65.3 Å². The summed E-state index contributed by atoms with van der Waals surface area (Å²) in [6.45, 7) is 4.83. The van der Waals surface area contributed by atoms with E-state index in [1.807, 2.05) is 40.9 Å². The minimum atomic E-state index is -0.0130. The highest BCUT2D eigenvalue weighted by Crippen LogP contribution is 2.19. The van der Waals surface area contributed by atoms with Crippen LogP contribution < -0.4 is 9.64 Å². The van der Waals surface area contributed by atoms with E-state index in [4.69, 9.17) is 4.74 Å². The van der Waals surface area contributed by atoms with Crippen LogP contribution in [0.4, 0.5) is 10.6 Å². The number of likely N-dealkylation sites (tertiary alicyclic amines) is 1. The number of carbonyl (C=O) groups excluding carboxylic acids is 1. The van der Waals surface area contributed by atoms with Gasteiger partial charge >= 0.3 is 6.03 Å². The fourth-order valence-electron chi connectivity index (χ4n) is 2.98. The van der Waals surface area contributed by atoms with E-state index in [2.05, 4.69) is 22.1 Å². The van der Waals surface area contributed by atoms with Crippen molar-refractivity contribution in [2.45, 2.75) is 12.5 Å². The number of nitrogens with zero attached hydrogens (tertiary/aromatic N) is 6. The molecule has 3 rings (SSSR count). The second kappa shape index (κ2) is 7.21. The van der Waals surface area contributed by atoms with Crippen molar-refractivity contribution >= 4 is 11.8 Å². The zero-order valence-electron chi connectivity index (χ0n) is 14.7. The Balaban J connectivity index is 1.50. The second-order valence-electron chi connectivity index (χ2n) is 6.67. The smallest absolute Gasteiger partial charge is 0.320 e. The maximum Gasteiger partial charge on any atom is 0.320 e. The molecule has 2 aliphatic heterocycles. The van der Waals surface area contributed by atoms with E-state index >= 15 is 0 Å². The van der Waals surface area contributed by atoms with Gasteiger partial charge in [-0.25, -0.2) is 4.79 Å². The molecule has 8 nitrogen and oxygen atoms in total. The molecule has 8 heteroatoms. The summed E-state index contributed by atoms with van der Waals surface area (Å²) < 4.78 is 5.88. The summed E-state index contributed by atoms with van der Waals surface area (Å²) in [6.07, 6.45) is 0.817. The summed E-state index contributed by atoms with van der Waals surface area (Å²) in [7, 11) is 5.93. The van der Waals surface area contributed by atoms with Gasteiger partial charge in [0, 0.05) is 59.3 Å². The molecule has 24 heavy (non-hydrogen) atoms. The van der Waals surface area contributed by atoms with E-state index in [-0.39, 0.29) is 12.1 Å². The largest absolute Gasteiger partial charge is 0.471 e. The molecule has 2 fully saturated rings. The molecule has 132 valence electrons. The average Bonchev–Trinajstić information content (AvgIpc) is 3.04. The molecule has 2 saturated heterocycles. The van der Waals surface area contributed by atoms with Gasteiger partial charge in [0.2, 0.25) is 5.88 Å². The molecule has 0 N–H and O–H groups in total. The molecule has 2 aliphatic rings. The third-order valence-corrected chi connectivity index (χ3v) is 4.56. The molecule has 0 aromatic carbocycles. The maximum atomic E-state index is 12.6. The Hall–Kier alpha value is -2.09. The number of hydrogen-bond acceptors (Lipinski definition) is 6. The van der Waals surface area contributed by atoms with Crippen LogP contribution in [0, 0.1) is 0 Å². The summed E-state index contributed by atoms with van der Waals surface area (Å²) in [5.74, 6) is 1.31. The summed E-state index contributed by atoms with van der Waals surface area (Å²) in [5, 5.41) is 8.21. The van der Waals surface area contributed by atoms with Crippen LogP contribution in [0.3, 0.4) is 0 Å². The van der Waals surface area contributed by atoms with Gasteiger partial charge in [-0.05, 0) is 13.1 Å². The van der Waals surface area contributed by atoms with Crippen LogP contribution in [0.1, 0.15) is 6.42 Å². The van der Waals surface area contributed by atoms with E-state index in [0.29, 0.717) is 12.4 Å². The highest BCUT2D eigenvalue weighted by Gasteiger charge is 2.31. The Labute approximate surface area is 143 Å². The molecule has 0 radical (unpaired) electrons. The van der Waals surface area contributed by atoms with Crippen molar-refractivity contribution in [3.8, 4) is 5.88 Å². The number of likely N-dealkylation sites (N-methyl/N-ethyl adjacent to an activating group) is 1. The van der Waals surface area contributed by atoms with Crippen LogP contribution in [0.15, 0.2) is 12.1 Å². The van der Waals surface area contributed by atoms with Crippen molar-refractivity contribution in [3.05, 3.63) is 12.1 Å². The van der Waals surface area contributed by atoms with E-state index in [1.165, 1.54) is 0 Å². The lowest BCUT2D eigenvalue weighted by Gasteiger charge is -2.34. The lowest BCUT2D eigenvalue weighted by molar-refractivity contribution is 0.123. The van der Waals surface area contributed by atoms with Gasteiger partial charge in [-0.2, -0.15) is 0 Å². The van der Waals surface area contributed by atoms with Gasteiger partial charge in [0.25, 0.3) is 0 Å². The molecule has 3 heterocycles. The highest BCUT2D eigenvalue weighted by molar-refractivity contribution is 5.75. The predicted octanol–water partition coefficient (Wildman–Crippen LogP) is 0.363. The van der Waals surface area contributed by atoms with Crippen LogP contribution in [0.2, 0.25) is 0 Å². The first-order chi connectivity index (χ1) is 11.5. The van der Waals surface area contributed by atoms with Crippen molar-refractivity contribution < 1.29 is 9.53 Å². The van der Waals surface area contributed by atoms with Crippen LogP contribution in [0.5, 0.6) is 5.88 Å². The molecule has 0 bridgehead atoms. The first-order valence-electron chi connectivity index (χ1n) is 8.43. The van der Waals surface area contributed by atoms with Gasteiger partial charge in [-0.15, -0.1) is 10.2 Å². The standard InChI is InChI=1S/C16H26N6O2/c1-19(2)14-4-5-15(18-17-14)24-13-6-7-22(12-13)16(23)21-10-8-20(3)9-11-21/h4-5,13H,6-12H2,1-3H3/t13-/m0/s1. The zero-order chi connectivity index (χ0) is 17.1. The summed E-state index contributed by atoms with van der Waals surface area (Å²) in [5.41, 5.74) is 0. The molecule has 1 aromatic heterocycles. The first-order valence-corrected chi connectivity index (χ1v) is 8.43. The number of hydrogen-bond donors (Lipinski definition) is 0. The first kappa shape index (κ1) is 16.8. The monoisotopic (exact) mass is 334 g/mol. The predicted molar refractivity (Wildman–Crippen MR) is 91.4 cm³/mol. The van der Waals surface area contributed by atoms with E-state index in [0.717, 1.165) is 45.0 Å². The average molecular weight is 334 g/mol. The van der Waals surface area contributed by atoms with Crippen LogP contribution >= 0.6 is 0 Å². The van der Waals surface area contributed by atoms with Crippen molar-refractivity contribution in [1.82, 2.24) is 24.9 Å². The third-order valence-electron chi connectivity index (χ3n) is 4.56. The van der Waals surface area contributed by atoms with Crippen molar-refractivity contribution in [1.29, 1.82) is 0 Å². The minimum Gasteiger partial charge on any atom is -0.471 e. The van der Waals surface area contributed by atoms with Gasteiger partial charge in [-0.1, -0.05) is 0 Å². The SMILES string of the molecule is CN1CCN(C(=O)N2CC[C@H](Oc3ccc(N(C)C)nn3)C2)CC1. The van der Waals surface area contributed by atoms with E-state index in [9.17, 15) is 4.79 Å². The number of aromatic nitrogens is 2. The third kappa shape index (κ3) is 3.87. The summed E-state index contributed by atoms with van der Waals surface area (Å²) in [4.78, 5) is 20.5. The van der Waals surface area contributed by atoms with Crippen molar-refractivity contribution in [2.24, 2.45) is 0 Å². The number of urea groups is 1. The lowest BCUT2D eigenvalue weighted by Crippen LogP contribution is -2.51. The molecule has 1 atom stereocenters. The number of ether oxygens (including phenoxy) is 1. The molecule has 0 saturated carbocycles. The van der Waals surface area contributed by atoms with Gasteiger partial charge in [0.15, 0.2) is 5.82 Å².